The monoisotopic (exact) mass is 325 g/mol. The van der Waals surface area contributed by atoms with E-state index in [0.717, 1.165) is 0 Å². The molecule has 0 saturated carbocycles. The Morgan fingerprint density at radius 1 is 1.13 bits per heavy atom. The molecule has 2 aromatic rings. The van der Waals surface area contributed by atoms with E-state index in [1.165, 1.54) is 24.3 Å². The van der Waals surface area contributed by atoms with Gasteiger partial charge in [-0.2, -0.15) is 0 Å². The topological polar surface area (TPSA) is 80.0 Å². The first-order chi connectivity index (χ1) is 10.6. The van der Waals surface area contributed by atoms with Crippen molar-refractivity contribution in [3.63, 3.8) is 0 Å². The number of anilines is 1. The fourth-order valence-electron chi connectivity index (χ4n) is 2.32. The van der Waals surface area contributed by atoms with Crippen LogP contribution in [0.25, 0.3) is 11.3 Å². The zero-order valence-corrected chi connectivity index (χ0v) is 14.8. The van der Waals surface area contributed by atoms with Crippen molar-refractivity contribution in [2.45, 2.75) is 0 Å². The third-order valence-corrected chi connectivity index (χ3v) is 3.49. The van der Waals surface area contributed by atoms with Crippen molar-refractivity contribution in [1.82, 2.24) is 0 Å². The van der Waals surface area contributed by atoms with E-state index in [9.17, 15) is 9.59 Å². The molecule has 0 atom stereocenters. The van der Waals surface area contributed by atoms with Gasteiger partial charge in [-0.25, -0.2) is 4.79 Å². The summed E-state index contributed by atoms with van der Waals surface area (Å²) in [6, 6.07) is 9.09. The van der Waals surface area contributed by atoms with Crippen LogP contribution in [-0.4, -0.2) is 37.4 Å². The Balaban J connectivity index is 0.00000144. The quantitative estimate of drug-likeness (QED) is 0.726. The van der Waals surface area contributed by atoms with Gasteiger partial charge in [0.15, 0.2) is 11.3 Å². The van der Waals surface area contributed by atoms with Crippen molar-refractivity contribution in [2.75, 3.05) is 31.2 Å². The fourth-order valence-corrected chi connectivity index (χ4v) is 2.32. The number of aromatic carboxylic acids is 1. The minimum absolute atomic E-state index is 0. The normalized spacial score (nSPS) is 14.2. The first kappa shape index (κ1) is 17.7. The number of benzene rings is 1. The van der Waals surface area contributed by atoms with Crippen molar-refractivity contribution in [3.8, 4) is 11.3 Å². The minimum atomic E-state index is -0.991. The predicted molar refractivity (Wildman–Crippen MR) is 81.5 cm³/mol. The standard InChI is InChI=1S/C16H15NO5.Na.H/c18-13-9-14(11-1-3-12(4-2-11)16(19)20)22-15(10-13)17-5-7-21-8-6-17;;/h1-4,9-10H,5-8H2,(H,19,20);;/q;+1;-1. The number of rotatable bonds is 3. The molecule has 0 radical (unpaired) electrons. The van der Waals surface area contributed by atoms with E-state index in [2.05, 4.69) is 0 Å². The first-order valence-corrected chi connectivity index (χ1v) is 6.95. The van der Waals surface area contributed by atoms with Gasteiger partial charge in [-0.1, -0.05) is 12.1 Å². The number of hydrogen-bond acceptors (Lipinski definition) is 5. The fraction of sp³-hybridized carbons (Fsp3) is 0.250. The Bertz CT molecular complexity index is 741. The van der Waals surface area contributed by atoms with Crippen LogP contribution >= 0.6 is 0 Å². The summed E-state index contributed by atoms with van der Waals surface area (Å²) in [4.78, 5) is 24.7. The van der Waals surface area contributed by atoms with Crippen molar-refractivity contribution in [2.24, 2.45) is 0 Å². The zero-order valence-electron chi connectivity index (χ0n) is 13.8. The summed E-state index contributed by atoms with van der Waals surface area (Å²) < 4.78 is 11.1. The van der Waals surface area contributed by atoms with Crippen LogP contribution in [0, 0.1) is 0 Å². The minimum Gasteiger partial charge on any atom is -1.00 e. The second-order valence-electron chi connectivity index (χ2n) is 4.98. The van der Waals surface area contributed by atoms with E-state index in [-0.39, 0.29) is 42.0 Å². The van der Waals surface area contributed by atoms with Gasteiger partial charge in [-0.15, -0.1) is 0 Å². The Hall–Kier alpha value is -1.60. The summed E-state index contributed by atoms with van der Waals surface area (Å²) >= 11 is 0. The largest absolute Gasteiger partial charge is 1.00 e. The summed E-state index contributed by atoms with van der Waals surface area (Å²) in [6.45, 7) is 2.54. The second kappa shape index (κ2) is 7.79. The molecular weight excluding hydrogens is 309 g/mol. The number of morpholine rings is 1. The third kappa shape index (κ3) is 4.23. The van der Waals surface area contributed by atoms with Crippen molar-refractivity contribution in [3.05, 3.63) is 52.2 Å². The van der Waals surface area contributed by atoms with Crippen LogP contribution < -0.4 is 39.9 Å². The van der Waals surface area contributed by atoms with Crippen LogP contribution in [0.3, 0.4) is 0 Å². The number of ether oxygens (including phenoxy) is 1. The van der Waals surface area contributed by atoms with Crippen LogP contribution in [0.2, 0.25) is 0 Å². The SMILES string of the molecule is O=C(O)c1ccc(-c2cc(=O)cc(N3CCOCC3)o2)cc1.[H-].[Na+]. The molecule has 3 rings (SSSR count). The van der Waals surface area contributed by atoms with Crippen molar-refractivity contribution >= 4 is 11.9 Å². The summed E-state index contributed by atoms with van der Waals surface area (Å²) in [5.74, 6) is -0.0610. The van der Waals surface area contributed by atoms with Crippen LogP contribution in [0.15, 0.2) is 45.6 Å². The second-order valence-corrected chi connectivity index (χ2v) is 4.98. The number of carboxylic acid groups (broad SMARTS) is 1. The molecule has 1 aliphatic rings. The van der Waals surface area contributed by atoms with E-state index in [1.54, 1.807) is 12.1 Å². The number of hydrogen-bond donors (Lipinski definition) is 1. The summed E-state index contributed by atoms with van der Waals surface area (Å²) in [7, 11) is 0. The molecular formula is C16H16NNaO5. The summed E-state index contributed by atoms with van der Waals surface area (Å²) in [5, 5.41) is 8.91. The van der Waals surface area contributed by atoms with Gasteiger partial charge in [0.25, 0.3) is 0 Å². The molecule has 0 amide bonds. The molecule has 1 aromatic carbocycles. The molecule has 6 nitrogen and oxygen atoms in total. The molecule has 7 heteroatoms. The Morgan fingerprint density at radius 3 is 2.39 bits per heavy atom. The summed E-state index contributed by atoms with van der Waals surface area (Å²) in [6.07, 6.45) is 0. The van der Waals surface area contributed by atoms with Crippen LogP contribution in [0.4, 0.5) is 5.88 Å². The maximum absolute atomic E-state index is 11.9. The van der Waals surface area contributed by atoms with E-state index in [0.29, 0.717) is 43.5 Å². The molecule has 1 aliphatic heterocycles. The van der Waals surface area contributed by atoms with Gasteiger partial charge in [0.1, 0.15) is 5.76 Å². The van der Waals surface area contributed by atoms with Gasteiger partial charge in [-0.3, -0.25) is 4.79 Å². The van der Waals surface area contributed by atoms with E-state index >= 15 is 0 Å². The third-order valence-electron chi connectivity index (χ3n) is 3.49. The number of nitrogens with zero attached hydrogens (tertiary/aromatic N) is 1. The number of carboxylic acids is 1. The van der Waals surface area contributed by atoms with E-state index in [4.69, 9.17) is 14.3 Å². The van der Waals surface area contributed by atoms with Gasteiger partial charge in [0, 0.05) is 30.8 Å². The maximum atomic E-state index is 11.9. The molecule has 2 heterocycles. The smallest absolute Gasteiger partial charge is 1.00 e. The zero-order chi connectivity index (χ0) is 15.5. The van der Waals surface area contributed by atoms with Gasteiger partial charge >= 0.3 is 35.5 Å². The van der Waals surface area contributed by atoms with Crippen LogP contribution in [0.1, 0.15) is 11.8 Å². The molecule has 0 aliphatic carbocycles. The Kier molecular flexibility index (Phi) is 6.01. The maximum Gasteiger partial charge on any atom is 1.00 e. The Labute approximate surface area is 156 Å². The van der Waals surface area contributed by atoms with Gasteiger partial charge in [0.05, 0.1) is 18.8 Å². The molecule has 0 bridgehead atoms. The first-order valence-electron chi connectivity index (χ1n) is 6.95. The molecule has 0 spiro atoms. The average molecular weight is 325 g/mol. The van der Waals surface area contributed by atoms with Crippen LogP contribution in [-0.2, 0) is 4.74 Å². The Morgan fingerprint density at radius 2 is 1.78 bits per heavy atom. The van der Waals surface area contributed by atoms with Crippen molar-refractivity contribution in [1.29, 1.82) is 0 Å². The van der Waals surface area contributed by atoms with Gasteiger partial charge in [-0.05, 0) is 12.1 Å². The summed E-state index contributed by atoms with van der Waals surface area (Å²) in [5.41, 5.74) is 0.706. The van der Waals surface area contributed by atoms with Gasteiger partial charge < -0.3 is 20.6 Å². The molecule has 1 aromatic heterocycles. The van der Waals surface area contributed by atoms with Gasteiger partial charge in [0.2, 0.25) is 0 Å². The molecule has 1 N–H and O–H groups in total. The molecule has 116 valence electrons. The predicted octanol–water partition coefficient (Wildman–Crippen LogP) is -1.04. The van der Waals surface area contributed by atoms with Crippen molar-refractivity contribution < 1.29 is 50.0 Å². The molecule has 1 saturated heterocycles. The average Bonchev–Trinajstić information content (AvgIpc) is 2.55. The number of carbonyl (C=O) groups is 1. The van der Waals surface area contributed by atoms with E-state index in [1.807, 2.05) is 4.90 Å². The van der Waals surface area contributed by atoms with E-state index < -0.39 is 5.97 Å². The molecule has 23 heavy (non-hydrogen) atoms. The molecule has 0 unspecified atom stereocenters. The van der Waals surface area contributed by atoms with Crippen LogP contribution in [0.5, 0.6) is 0 Å². The molecule has 1 fully saturated rings.